The Morgan fingerprint density at radius 1 is 0.700 bits per heavy atom. The topological polar surface area (TPSA) is 104 Å². The maximum Gasteiger partial charge on any atom is 0.418 e. The molecule has 0 aliphatic rings. The highest BCUT2D eigenvalue weighted by molar-refractivity contribution is 5.93. The zero-order valence-electron chi connectivity index (χ0n) is 10.3. The Morgan fingerprint density at radius 2 is 1.30 bits per heavy atom. The summed E-state index contributed by atoms with van der Waals surface area (Å²) in [4.78, 5) is 0. The van der Waals surface area contributed by atoms with E-state index in [2.05, 4.69) is 0 Å². The molecular formula is C13H13F3N4. The maximum atomic E-state index is 12.7. The molecule has 20 heavy (non-hydrogen) atoms. The second-order valence-corrected chi connectivity index (χ2v) is 4.29. The average molecular weight is 282 g/mol. The third-order valence-corrected chi connectivity index (χ3v) is 3.02. The number of rotatable bonds is 1. The molecule has 0 bridgehead atoms. The van der Waals surface area contributed by atoms with Gasteiger partial charge in [0.25, 0.3) is 0 Å². The maximum absolute atomic E-state index is 12.7. The van der Waals surface area contributed by atoms with E-state index in [4.69, 9.17) is 22.9 Å². The van der Waals surface area contributed by atoms with E-state index in [1.807, 2.05) is 0 Å². The van der Waals surface area contributed by atoms with Crippen LogP contribution in [0, 0.1) is 0 Å². The molecule has 2 rings (SSSR count). The predicted molar refractivity (Wildman–Crippen MR) is 74.5 cm³/mol. The zero-order chi connectivity index (χ0) is 15.1. The summed E-state index contributed by atoms with van der Waals surface area (Å²) in [5.74, 6) is 0. The lowest BCUT2D eigenvalue weighted by Crippen LogP contribution is -2.11. The average Bonchev–Trinajstić information content (AvgIpc) is 2.35. The van der Waals surface area contributed by atoms with Crippen molar-refractivity contribution in [1.29, 1.82) is 0 Å². The SMILES string of the molecule is Nc1cccc(-c2ccc(C(F)(F)F)c(N)c2N)c1N. The Hall–Kier alpha value is -2.57. The van der Waals surface area contributed by atoms with Gasteiger partial charge in [-0.1, -0.05) is 18.2 Å². The van der Waals surface area contributed by atoms with E-state index >= 15 is 0 Å². The third-order valence-electron chi connectivity index (χ3n) is 3.02. The van der Waals surface area contributed by atoms with E-state index in [0.29, 0.717) is 16.8 Å². The Kier molecular flexibility index (Phi) is 3.13. The fraction of sp³-hybridized carbons (Fsp3) is 0.0769. The largest absolute Gasteiger partial charge is 0.418 e. The molecule has 0 radical (unpaired) electrons. The van der Waals surface area contributed by atoms with Crippen molar-refractivity contribution in [3.8, 4) is 11.1 Å². The lowest BCUT2D eigenvalue weighted by molar-refractivity contribution is -0.136. The van der Waals surface area contributed by atoms with Gasteiger partial charge < -0.3 is 22.9 Å². The van der Waals surface area contributed by atoms with E-state index in [-0.39, 0.29) is 11.4 Å². The van der Waals surface area contributed by atoms with Crippen LogP contribution in [0.15, 0.2) is 30.3 Å². The van der Waals surface area contributed by atoms with Crippen LogP contribution in [0.2, 0.25) is 0 Å². The van der Waals surface area contributed by atoms with Gasteiger partial charge in [-0.15, -0.1) is 0 Å². The van der Waals surface area contributed by atoms with Gasteiger partial charge in [0.1, 0.15) is 0 Å². The van der Waals surface area contributed by atoms with Crippen LogP contribution in [-0.2, 0) is 6.18 Å². The summed E-state index contributed by atoms with van der Waals surface area (Å²) >= 11 is 0. The number of para-hydroxylation sites is 1. The van der Waals surface area contributed by atoms with Crippen LogP contribution < -0.4 is 22.9 Å². The first-order valence-corrected chi connectivity index (χ1v) is 5.63. The molecule has 7 heteroatoms. The summed E-state index contributed by atoms with van der Waals surface area (Å²) in [7, 11) is 0. The molecule has 0 saturated heterocycles. The van der Waals surface area contributed by atoms with Gasteiger partial charge in [-0.25, -0.2) is 0 Å². The van der Waals surface area contributed by atoms with Crippen molar-refractivity contribution in [3.05, 3.63) is 35.9 Å². The quantitative estimate of drug-likeness (QED) is 0.603. The molecule has 2 aromatic rings. The van der Waals surface area contributed by atoms with Crippen LogP contribution in [0.4, 0.5) is 35.9 Å². The van der Waals surface area contributed by atoms with Gasteiger partial charge in [0.15, 0.2) is 0 Å². The highest BCUT2D eigenvalue weighted by Crippen LogP contribution is 2.42. The van der Waals surface area contributed by atoms with Crippen molar-refractivity contribution in [2.75, 3.05) is 22.9 Å². The van der Waals surface area contributed by atoms with Crippen molar-refractivity contribution >= 4 is 22.7 Å². The summed E-state index contributed by atoms with van der Waals surface area (Å²) in [6.45, 7) is 0. The van der Waals surface area contributed by atoms with Crippen LogP contribution >= 0.6 is 0 Å². The first kappa shape index (κ1) is 13.9. The van der Waals surface area contributed by atoms with Crippen molar-refractivity contribution in [1.82, 2.24) is 0 Å². The predicted octanol–water partition coefficient (Wildman–Crippen LogP) is 2.70. The first-order valence-electron chi connectivity index (χ1n) is 5.63. The van der Waals surface area contributed by atoms with Gasteiger partial charge in [-0.2, -0.15) is 13.2 Å². The Labute approximate surface area is 113 Å². The molecule has 2 aromatic carbocycles. The molecule has 0 fully saturated rings. The highest BCUT2D eigenvalue weighted by atomic mass is 19.4. The summed E-state index contributed by atoms with van der Waals surface area (Å²) in [5.41, 5.74) is 22.3. The van der Waals surface area contributed by atoms with E-state index in [9.17, 15) is 13.2 Å². The van der Waals surface area contributed by atoms with Crippen molar-refractivity contribution in [2.45, 2.75) is 6.18 Å². The van der Waals surface area contributed by atoms with Gasteiger partial charge >= 0.3 is 6.18 Å². The number of nitrogens with two attached hydrogens (primary N) is 4. The molecule has 0 atom stereocenters. The fourth-order valence-electron chi connectivity index (χ4n) is 1.94. The van der Waals surface area contributed by atoms with Crippen molar-refractivity contribution in [2.24, 2.45) is 0 Å². The molecule has 8 N–H and O–H groups in total. The van der Waals surface area contributed by atoms with Gasteiger partial charge in [0, 0.05) is 11.1 Å². The lowest BCUT2D eigenvalue weighted by atomic mass is 9.98. The number of halogens is 3. The minimum Gasteiger partial charge on any atom is -0.397 e. The highest BCUT2D eigenvalue weighted by Gasteiger charge is 2.34. The molecule has 0 unspecified atom stereocenters. The van der Waals surface area contributed by atoms with E-state index in [1.165, 1.54) is 6.07 Å². The minimum absolute atomic E-state index is 0.169. The summed E-state index contributed by atoms with van der Waals surface area (Å²) in [5, 5.41) is 0. The summed E-state index contributed by atoms with van der Waals surface area (Å²) in [6, 6.07) is 6.95. The molecule has 0 aliphatic heterocycles. The number of benzene rings is 2. The minimum atomic E-state index is -4.56. The molecular weight excluding hydrogens is 269 g/mol. The van der Waals surface area contributed by atoms with Crippen LogP contribution in [0.25, 0.3) is 11.1 Å². The van der Waals surface area contributed by atoms with Crippen LogP contribution in [0.1, 0.15) is 5.56 Å². The molecule has 4 nitrogen and oxygen atoms in total. The number of nitrogen functional groups attached to an aromatic ring is 4. The monoisotopic (exact) mass is 282 g/mol. The number of hydrogen-bond donors (Lipinski definition) is 4. The van der Waals surface area contributed by atoms with Gasteiger partial charge in [0.05, 0.1) is 28.3 Å². The zero-order valence-corrected chi connectivity index (χ0v) is 10.3. The Balaban J connectivity index is 2.66. The summed E-state index contributed by atoms with van der Waals surface area (Å²) in [6.07, 6.45) is -4.56. The molecule has 0 amide bonds. The molecule has 0 spiro atoms. The Morgan fingerprint density at radius 3 is 1.90 bits per heavy atom. The van der Waals surface area contributed by atoms with E-state index in [1.54, 1.807) is 18.2 Å². The first-order chi connectivity index (χ1) is 9.23. The van der Waals surface area contributed by atoms with E-state index in [0.717, 1.165) is 6.07 Å². The molecule has 0 heterocycles. The standard InChI is InChI=1S/C13H13F3N4/c14-13(15,16)8-5-4-7(11(19)12(8)20)6-2-1-3-9(17)10(6)18/h1-5H,17-20H2. The van der Waals surface area contributed by atoms with E-state index < -0.39 is 17.4 Å². The van der Waals surface area contributed by atoms with Gasteiger partial charge in [-0.3, -0.25) is 0 Å². The van der Waals surface area contributed by atoms with Gasteiger partial charge in [0.2, 0.25) is 0 Å². The smallest absolute Gasteiger partial charge is 0.397 e. The normalized spacial score (nSPS) is 11.6. The third kappa shape index (κ3) is 2.18. The van der Waals surface area contributed by atoms with Crippen molar-refractivity contribution < 1.29 is 13.2 Å². The van der Waals surface area contributed by atoms with Crippen LogP contribution in [0.5, 0.6) is 0 Å². The van der Waals surface area contributed by atoms with Crippen LogP contribution in [0.3, 0.4) is 0 Å². The van der Waals surface area contributed by atoms with Gasteiger partial charge in [-0.05, 0) is 12.1 Å². The number of alkyl halides is 3. The number of hydrogen-bond acceptors (Lipinski definition) is 4. The van der Waals surface area contributed by atoms with Crippen molar-refractivity contribution in [3.63, 3.8) is 0 Å². The lowest BCUT2D eigenvalue weighted by Gasteiger charge is -2.16. The number of anilines is 4. The molecule has 0 aliphatic carbocycles. The molecule has 0 saturated carbocycles. The van der Waals surface area contributed by atoms with Crippen LogP contribution in [-0.4, -0.2) is 0 Å². The Bertz CT molecular complexity index is 665. The second kappa shape index (κ2) is 4.52. The molecule has 0 aromatic heterocycles. The second-order valence-electron chi connectivity index (χ2n) is 4.29. The molecule has 106 valence electrons. The fourth-order valence-corrected chi connectivity index (χ4v) is 1.94. The summed E-state index contributed by atoms with van der Waals surface area (Å²) < 4.78 is 38.2.